The van der Waals surface area contributed by atoms with Gasteiger partial charge in [0.15, 0.2) is 0 Å². The number of rotatable bonds is 2. The third-order valence-corrected chi connectivity index (χ3v) is 1.20. The Bertz CT molecular complexity index is 233. The predicted octanol–water partition coefficient (Wildman–Crippen LogP) is 0.963. The van der Waals surface area contributed by atoms with Crippen LogP contribution in [0.4, 0.5) is 0 Å². The van der Waals surface area contributed by atoms with E-state index >= 15 is 0 Å². The Morgan fingerprint density at radius 2 is 2.55 bits per heavy atom. The summed E-state index contributed by atoms with van der Waals surface area (Å²) in [6.07, 6.45) is 0. The fourth-order valence-electron chi connectivity index (χ4n) is 0.710. The van der Waals surface area contributed by atoms with Crippen molar-refractivity contribution in [2.45, 2.75) is 0 Å². The predicted molar refractivity (Wildman–Crippen MR) is 42.3 cm³/mol. The molecule has 0 fully saturated rings. The van der Waals surface area contributed by atoms with E-state index in [0.29, 0.717) is 0 Å². The standard InChI is InChI=1S/C8H9N2O/c1-11-10-8(9)7-5-3-2-4-6-7/h2-3,5-6H,1H3,(H2,9,10). The number of nitrogens with one attached hydrogen (secondary N) is 2. The first kappa shape index (κ1) is 7.75. The zero-order valence-electron chi connectivity index (χ0n) is 6.22. The Labute approximate surface area is 65.5 Å². The molecule has 1 rings (SSSR count). The lowest BCUT2D eigenvalue weighted by Crippen LogP contribution is -2.21. The van der Waals surface area contributed by atoms with Gasteiger partial charge in [-0.2, -0.15) is 0 Å². The molecular weight excluding hydrogens is 140 g/mol. The van der Waals surface area contributed by atoms with Crippen LogP contribution in [0.2, 0.25) is 0 Å². The maximum atomic E-state index is 7.37. The zero-order chi connectivity index (χ0) is 8.10. The molecule has 1 aromatic rings. The smallest absolute Gasteiger partial charge is 0.149 e. The van der Waals surface area contributed by atoms with Crippen LogP contribution in [0.5, 0.6) is 0 Å². The summed E-state index contributed by atoms with van der Waals surface area (Å²) in [5.41, 5.74) is 3.18. The molecule has 0 heterocycles. The summed E-state index contributed by atoms with van der Waals surface area (Å²) >= 11 is 0. The van der Waals surface area contributed by atoms with Gasteiger partial charge in [0.05, 0.1) is 7.11 Å². The van der Waals surface area contributed by atoms with E-state index in [2.05, 4.69) is 16.4 Å². The van der Waals surface area contributed by atoms with Gasteiger partial charge in [0.25, 0.3) is 0 Å². The van der Waals surface area contributed by atoms with Crippen LogP contribution in [0.1, 0.15) is 5.56 Å². The third-order valence-electron chi connectivity index (χ3n) is 1.20. The highest BCUT2D eigenvalue weighted by Crippen LogP contribution is 1.96. The van der Waals surface area contributed by atoms with E-state index < -0.39 is 0 Å². The van der Waals surface area contributed by atoms with E-state index in [9.17, 15) is 0 Å². The molecule has 11 heavy (non-hydrogen) atoms. The largest absolute Gasteiger partial charge is 0.283 e. The first-order valence-corrected chi connectivity index (χ1v) is 3.18. The van der Waals surface area contributed by atoms with Gasteiger partial charge in [-0.25, -0.2) is 5.48 Å². The summed E-state index contributed by atoms with van der Waals surface area (Å²) < 4.78 is 0. The lowest BCUT2D eigenvalue weighted by atomic mass is 10.2. The second kappa shape index (κ2) is 3.73. The van der Waals surface area contributed by atoms with Crippen LogP contribution in [0.25, 0.3) is 0 Å². The van der Waals surface area contributed by atoms with E-state index in [-0.39, 0.29) is 5.84 Å². The Kier molecular flexibility index (Phi) is 2.63. The third kappa shape index (κ3) is 2.05. The molecule has 0 saturated carbocycles. The number of amidine groups is 1. The van der Waals surface area contributed by atoms with Crippen LogP contribution in [-0.2, 0) is 4.84 Å². The Morgan fingerprint density at radius 1 is 1.73 bits per heavy atom. The van der Waals surface area contributed by atoms with E-state index in [1.807, 2.05) is 12.1 Å². The number of benzene rings is 1. The normalized spacial score (nSPS) is 9.18. The quantitative estimate of drug-likeness (QED) is 0.374. The second-order valence-electron chi connectivity index (χ2n) is 1.97. The molecule has 0 aliphatic carbocycles. The average molecular weight is 149 g/mol. The van der Waals surface area contributed by atoms with Gasteiger partial charge in [-0.15, -0.1) is 0 Å². The molecule has 0 aromatic heterocycles. The Balaban J connectivity index is 2.69. The number of hydrogen-bond acceptors (Lipinski definition) is 2. The van der Waals surface area contributed by atoms with E-state index in [0.717, 1.165) is 5.56 Å². The van der Waals surface area contributed by atoms with Gasteiger partial charge in [0.2, 0.25) is 0 Å². The molecule has 2 N–H and O–H groups in total. The van der Waals surface area contributed by atoms with Crippen molar-refractivity contribution in [1.82, 2.24) is 5.48 Å². The molecule has 57 valence electrons. The lowest BCUT2D eigenvalue weighted by molar-refractivity contribution is 0.144. The first-order valence-electron chi connectivity index (χ1n) is 3.18. The summed E-state index contributed by atoms with van der Waals surface area (Å²) in [5, 5.41) is 7.37. The summed E-state index contributed by atoms with van der Waals surface area (Å²) in [4.78, 5) is 4.57. The van der Waals surface area contributed by atoms with Gasteiger partial charge in [-0.3, -0.25) is 10.2 Å². The Hall–Kier alpha value is -1.35. The fourth-order valence-corrected chi connectivity index (χ4v) is 0.710. The molecule has 1 radical (unpaired) electrons. The van der Waals surface area contributed by atoms with Gasteiger partial charge in [-0.1, -0.05) is 18.2 Å². The zero-order valence-corrected chi connectivity index (χ0v) is 6.22. The highest BCUT2D eigenvalue weighted by molar-refractivity contribution is 5.95. The van der Waals surface area contributed by atoms with Crippen LogP contribution in [0.15, 0.2) is 24.3 Å². The van der Waals surface area contributed by atoms with Gasteiger partial charge in [0.1, 0.15) is 5.84 Å². The molecule has 0 atom stereocenters. The molecule has 0 aliphatic rings. The van der Waals surface area contributed by atoms with Crippen molar-refractivity contribution in [2.75, 3.05) is 7.11 Å². The minimum atomic E-state index is 0.240. The molecule has 1 aromatic carbocycles. The SMILES string of the molecule is CONC(=N)c1c[c]ccc1. The van der Waals surface area contributed by atoms with Gasteiger partial charge in [0, 0.05) is 5.56 Å². The van der Waals surface area contributed by atoms with Crippen molar-refractivity contribution in [3.63, 3.8) is 0 Å². The average Bonchev–Trinajstić information content (AvgIpc) is 2.07. The van der Waals surface area contributed by atoms with Gasteiger partial charge in [-0.05, 0) is 12.1 Å². The van der Waals surface area contributed by atoms with Gasteiger partial charge >= 0.3 is 0 Å². The number of hydroxylamine groups is 1. The van der Waals surface area contributed by atoms with E-state index in [1.54, 1.807) is 12.1 Å². The van der Waals surface area contributed by atoms with E-state index in [1.165, 1.54) is 7.11 Å². The summed E-state index contributed by atoms with van der Waals surface area (Å²) in [6, 6.07) is 9.99. The van der Waals surface area contributed by atoms with Crippen molar-refractivity contribution in [1.29, 1.82) is 5.41 Å². The molecule has 0 saturated heterocycles. The highest BCUT2D eigenvalue weighted by atomic mass is 16.6. The van der Waals surface area contributed by atoms with E-state index in [4.69, 9.17) is 5.41 Å². The summed E-state index contributed by atoms with van der Waals surface area (Å²) in [5.74, 6) is 0.240. The van der Waals surface area contributed by atoms with Crippen LogP contribution in [-0.4, -0.2) is 12.9 Å². The molecule has 0 aliphatic heterocycles. The number of hydrogen-bond donors (Lipinski definition) is 2. The first-order chi connectivity index (χ1) is 5.34. The maximum absolute atomic E-state index is 7.37. The van der Waals surface area contributed by atoms with Crippen LogP contribution >= 0.6 is 0 Å². The fraction of sp³-hybridized carbons (Fsp3) is 0.125. The molecule has 0 bridgehead atoms. The summed E-state index contributed by atoms with van der Waals surface area (Å²) in [7, 11) is 1.47. The lowest BCUT2D eigenvalue weighted by Gasteiger charge is -2.03. The monoisotopic (exact) mass is 149 g/mol. The molecule has 0 spiro atoms. The van der Waals surface area contributed by atoms with Crippen molar-refractivity contribution in [3.05, 3.63) is 35.9 Å². The van der Waals surface area contributed by atoms with Crippen molar-refractivity contribution >= 4 is 5.84 Å². The summed E-state index contributed by atoms with van der Waals surface area (Å²) in [6.45, 7) is 0. The van der Waals surface area contributed by atoms with Crippen molar-refractivity contribution in [3.8, 4) is 0 Å². The minimum absolute atomic E-state index is 0.240. The minimum Gasteiger partial charge on any atom is -0.283 e. The molecule has 3 nitrogen and oxygen atoms in total. The topological polar surface area (TPSA) is 45.1 Å². The van der Waals surface area contributed by atoms with Crippen molar-refractivity contribution < 1.29 is 4.84 Å². The van der Waals surface area contributed by atoms with Crippen molar-refractivity contribution in [2.24, 2.45) is 0 Å². The van der Waals surface area contributed by atoms with Gasteiger partial charge < -0.3 is 0 Å². The van der Waals surface area contributed by atoms with Crippen LogP contribution in [0.3, 0.4) is 0 Å². The van der Waals surface area contributed by atoms with Crippen LogP contribution in [0, 0.1) is 11.5 Å². The van der Waals surface area contributed by atoms with Crippen LogP contribution < -0.4 is 5.48 Å². The highest BCUT2D eigenvalue weighted by Gasteiger charge is 1.96. The molecule has 0 amide bonds. The maximum Gasteiger partial charge on any atom is 0.149 e. The molecule has 3 heteroatoms. The Morgan fingerprint density at radius 3 is 3.09 bits per heavy atom. The molecule has 0 unspecified atom stereocenters. The second-order valence-corrected chi connectivity index (χ2v) is 1.97. The molecular formula is C8H9N2O.